The highest BCUT2D eigenvalue weighted by Crippen LogP contribution is 2.32. The average Bonchev–Trinajstić information content (AvgIpc) is 2.59. The fourth-order valence-corrected chi connectivity index (χ4v) is 3.35. The number of halogens is 1. The first-order valence-electron chi connectivity index (χ1n) is 7.55. The van der Waals surface area contributed by atoms with E-state index in [0.29, 0.717) is 18.2 Å². The van der Waals surface area contributed by atoms with Gasteiger partial charge in [-0.3, -0.25) is 4.79 Å². The van der Waals surface area contributed by atoms with Crippen LogP contribution in [-0.4, -0.2) is 22.2 Å². The number of benzene rings is 2. The second-order valence-corrected chi connectivity index (χ2v) is 6.25. The minimum Gasteiger partial charge on any atom is -0.475 e. The summed E-state index contributed by atoms with van der Waals surface area (Å²) in [5.74, 6) is -2.77. The molecule has 0 aromatic heterocycles. The predicted octanol–water partition coefficient (Wildman–Crippen LogP) is 4.07. The molecule has 0 aliphatic carbocycles. The Morgan fingerprint density at radius 2 is 1.52 bits per heavy atom. The molecule has 0 heterocycles. The highest BCUT2D eigenvalue weighted by Gasteiger charge is 2.32. The van der Waals surface area contributed by atoms with Crippen molar-refractivity contribution >= 4 is 27.7 Å². The molecule has 4 heteroatoms. The first kappa shape index (κ1) is 17.4. The minimum absolute atomic E-state index is 0.153. The third-order valence-electron chi connectivity index (χ3n) is 3.98. The maximum absolute atomic E-state index is 12.2. The molecule has 2 aromatic carbocycles. The molecule has 0 radical (unpaired) electrons. The number of Topliss-reactive ketones (excluding diaryl/α,β-unsaturated/α-hetero) is 1. The number of carbonyl (C=O) groups is 2. The number of hydrogen-bond acceptors (Lipinski definition) is 2. The quantitative estimate of drug-likeness (QED) is 0.559. The van der Waals surface area contributed by atoms with E-state index in [0.717, 1.165) is 11.1 Å². The third-order valence-corrected chi connectivity index (χ3v) is 4.44. The van der Waals surface area contributed by atoms with Gasteiger partial charge in [0.25, 0.3) is 0 Å². The maximum Gasteiger partial charge on any atom is 0.372 e. The number of alkyl halides is 1. The summed E-state index contributed by atoms with van der Waals surface area (Å²) in [7, 11) is 0. The lowest BCUT2D eigenvalue weighted by Gasteiger charge is -2.25. The molecule has 0 fully saturated rings. The van der Waals surface area contributed by atoms with E-state index in [1.807, 2.05) is 60.7 Å². The summed E-state index contributed by atoms with van der Waals surface area (Å²) in [6, 6.07) is 19.5. The van der Waals surface area contributed by atoms with Crippen molar-refractivity contribution in [2.45, 2.75) is 18.8 Å². The Labute approximate surface area is 144 Å². The molecular weight excluding hydrogens is 356 g/mol. The van der Waals surface area contributed by atoms with Crippen LogP contribution in [0.1, 0.15) is 23.5 Å². The highest BCUT2D eigenvalue weighted by atomic mass is 79.9. The normalized spacial score (nSPS) is 13.3. The summed E-state index contributed by atoms with van der Waals surface area (Å²) < 4.78 is 0. The molecule has 0 bridgehead atoms. The van der Waals surface area contributed by atoms with E-state index in [-0.39, 0.29) is 5.92 Å². The van der Waals surface area contributed by atoms with Crippen molar-refractivity contribution in [2.75, 3.05) is 5.33 Å². The van der Waals surface area contributed by atoms with Crippen molar-refractivity contribution in [3.8, 4) is 0 Å². The largest absolute Gasteiger partial charge is 0.475 e. The van der Waals surface area contributed by atoms with Crippen molar-refractivity contribution in [2.24, 2.45) is 5.92 Å². The number of carbonyl (C=O) groups excluding carboxylic acids is 1. The number of aliphatic carboxylic acids is 1. The summed E-state index contributed by atoms with van der Waals surface area (Å²) in [6.45, 7) is 0. The molecule has 23 heavy (non-hydrogen) atoms. The van der Waals surface area contributed by atoms with Gasteiger partial charge in [-0.1, -0.05) is 76.6 Å². The van der Waals surface area contributed by atoms with Gasteiger partial charge in [-0.25, -0.2) is 4.79 Å². The minimum atomic E-state index is -1.36. The summed E-state index contributed by atoms with van der Waals surface area (Å²) in [6.07, 6.45) is 1.14. The summed E-state index contributed by atoms with van der Waals surface area (Å²) in [4.78, 5) is 23.5. The highest BCUT2D eigenvalue weighted by molar-refractivity contribution is 9.09. The van der Waals surface area contributed by atoms with E-state index >= 15 is 0 Å². The molecule has 2 unspecified atom stereocenters. The van der Waals surface area contributed by atoms with Crippen LogP contribution in [0.4, 0.5) is 0 Å². The lowest BCUT2D eigenvalue weighted by atomic mass is 9.78. The topological polar surface area (TPSA) is 54.4 Å². The molecule has 0 aliphatic rings. The molecule has 0 aliphatic heterocycles. The number of carboxylic acids is 1. The van der Waals surface area contributed by atoms with Crippen LogP contribution in [0.5, 0.6) is 0 Å². The van der Waals surface area contributed by atoms with Crippen LogP contribution in [-0.2, 0) is 16.0 Å². The third kappa shape index (κ3) is 4.76. The van der Waals surface area contributed by atoms with Gasteiger partial charge in [-0.15, -0.1) is 0 Å². The van der Waals surface area contributed by atoms with Gasteiger partial charge in [0.1, 0.15) is 0 Å². The zero-order valence-corrected chi connectivity index (χ0v) is 14.3. The van der Waals surface area contributed by atoms with E-state index in [9.17, 15) is 14.7 Å². The SMILES string of the molecule is O=C(O)C(=O)C(CCBr)C(Cc1ccccc1)c1ccccc1. The molecule has 0 spiro atoms. The Morgan fingerprint density at radius 3 is 2.04 bits per heavy atom. The van der Waals surface area contributed by atoms with E-state index in [4.69, 9.17) is 0 Å². The fraction of sp³-hybridized carbons (Fsp3) is 0.263. The lowest BCUT2D eigenvalue weighted by Crippen LogP contribution is -2.30. The molecule has 3 nitrogen and oxygen atoms in total. The van der Waals surface area contributed by atoms with Gasteiger partial charge in [-0.05, 0) is 29.9 Å². The molecule has 1 N–H and O–H groups in total. The molecule has 0 saturated carbocycles. The van der Waals surface area contributed by atoms with E-state index in [1.165, 1.54) is 0 Å². The van der Waals surface area contributed by atoms with Gasteiger partial charge in [0.05, 0.1) is 0 Å². The molecule has 2 aromatic rings. The van der Waals surface area contributed by atoms with Crippen LogP contribution in [0.2, 0.25) is 0 Å². The second kappa shape index (κ2) is 8.63. The van der Waals surface area contributed by atoms with Crippen molar-refractivity contribution in [3.63, 3.8) is 0 Å². The van der Waals surface area contributed by atoms with E-state index in [2.05, 4.69) is 15.9 Å². The van der Waals surface area contributed by atoms with Crippen molar-refractivity contribution in [1.29, 1.82) is 0 Å². The van der Waals surface area contributed by atoms with Crippen molar-refractivity contribution < 1.29 is 14.7 Å². The molecule has 2 atom stereocenters. The maximum atomic E-state index is 12.2. The number of rotatable bonds is 8. The summed E-state index contributed by atoms with van der Waals surface area (Å²) in [5, 5.41) is 9.77. The fourth-order valence-electron chi connectivity index (χ4n) is 2.85. The average molecular weight is 375 g/mol. The van der Waals surface area contributed by atoms with Gasteiger partial charge in [0.15, 0.2) is 0 Å². The Hall–Kier alpha value is -1.94. The Bertz CT molecular complexity index is 640. The lowest BCUT2D eigenvalue weighted by molar-refractivity contribution is -0.151. The Morgan fingerprint density at radius 1 is 0.957 bits per heavy atom. The van der Waals surface area contributed by atoms with E-state index in [1.54, 1.807) is 0 Å². The smallest absolute Gasteiger partial charge is 0.372 e. The standard InChI is InChI=1S/C19H19BrO3/c20-12-11-16(18(21)19(22)23)17(15-9-5-2-6-10-15)13-14-7-3-1-4-8-14/h1-10,16-17H,11-13H2,(H,22,23). The van der Waals surface area contributed by atoms with Crippen LogP contribution < -0.4 is 0 Å². The van der Waals surface area contributed by atoms with Crippen LogP contribution >= 0.6 is 15.9 Å². The zero-order valence-electron chi connectivity index (χ0n) is 12.7. The van der Waals surface area contributed by atoms with Crippen LogP contribution in [0.3, 0.4) is 0 Å². The van der Waals surface area contributed by atoms with Crippen molar-refractivity contribution in [1.82, 2.24) is 0 Å². The van der Waals surface area contributed by atoms with Gasteiger partial charge in [-0.2, -0.15) is 0 Å². The first-order valence-corrected chi connectivity index (χ1v) is 8.67. The molecule has 120 valence electrons. The van der Waals surface area contributed by atoms with Gasteiger partial charge in [0, 0.05) is 11.2 Å². The van der Waals surface area contributed by atoms with Gasteiger partial charge < -0.3 is 5.11 Å². The van der Waals surface area contributed by atoms with Gasteiger partial charge in [0.2, 0.25) is 5.78 Å². The summed E-state index contributed by atoms with van der Waals surface area (Å²) >= 11 is 3.35. The first-order chi connectivity index (χ1) is 11.1. The van der Waals surface area contributed by atoms with E-state index < -0.39 is 17.7 Å². The summed E-state index contributed by atoms with van der Waals surface area (Å²) in [5.41, 5.74) is 2.09. The van der Waals surface area contributed by atoms with Crippen LogP contribution in [0, 0.1) is 5.92 Å². The van der Waals surface area contributed by atoms with Crippen LogP contribution in [0.25, 0.3) is 0 Å². The second-order valence-electron chi connectivity index (χ2n) is 5.46. The zero-order chi connectivity index (χ0) is 16.7. The number of ketones is 1. The predicted molar refractivity (Wildman–Crippen MR) is 93.9 cm³/mol. The van der Waals surface area contributed by atoms with Crippen molar-refractivity contribution in [3.05, 3.63) is 71.8 Å². The Balaban J connectivity index is 2.38. The number of hydrogen-bond donors (Lipinski definition) is 1. The molecule has 0 saturated heterocycles. The molecule has 0 amide bonds. The monoisotopic (exact) mass is 374 g/mol. The molecule has 2 rings (SSSR count). The number of carboxylic acid groups (broad SMARTS) is 1. The van der Waals surface area contributed by atoms with Gasteiger partial charge >= 0.3 is 5.97 Å². The molecular formula is C19H19BrO3. The Kier molecular flexibility index (Phi) is 6.53. The van der Waals surface area contributed by atoms with Crippen LogP contribution in [0.15, 0.2) is 60.7 Å².